The van der Waals surface area contributed by atoms with Crippen molar-refractivity contribution in [2.45, 2.75) is 31.5 Å². The molecule has 0 unspecified atom stereocenters. The van der Waals surface area contributed by atoms with Gasteiger partial charge >= 0.3 is 6.18 Å². The fourth-order valence-electron chi connectivity index (χ4n) is 3.28. The topological polar surface area (TPSA) is 35.5 Å². The van der Waals surface area contributed by atoms with Crippen molar-refractivity contribution in [2.24, 2.45) is 5.92 Å². The molecule has 2 aliphatic rings. The molecule has 0 amide bonds. The molecular weight excluding hydrogens is 373 g/mol. The molecule has 128 valence electrons. The first-order valence-electron chi connectivity index (χ1n) is 7.91. The number of phenols is 1. The predicted octanol–water partition coefficient (Wildman–Crippen LogP) is 3.92. The highest BCUT2D eigenvalue weighted by Crippen LogP contribution is 2.48. The van der Waals surface area contributed by atoms with E-state index in [9.17, 15) is 18.3 Å². The molecule has 1 aliphatic heterocycles. The molecule has 1 saturated heterocycles. The molecule has 1 atom stereocenters. The Morgan fingerprint density at radius 2 is 1.91 bits per heavy atom. The minimum atomic E-state index is -4.47. The zero-order chi connectivity index (χ0) is 16.6. The summed E-state index contributed by atoms with van der Waals surface area (Å²) >= 11 is 3.17. The van der Waals surface area contributed by atoms with Gasteiger partial charge in [-0.25, -0.2) is 0 Å². The fourth-order valence-corrected chi connectivity index (χ4v) is 3.62. The number of hydrogen-bond donors (Lipinski definition) is 2. The number of aromatic hydroxyl groups is 1. The Labute approximate surface area is 142 Å². The van der Waals surface area contributed by atoms with Gasteiger partial charge in [-0.3, -0.25) is 4.90 Å². The molecule has 1 heterocycles. The molecule has 0 aromatic heterocycles. The van der Waals surface area contributed by atoms with Gasteiger partial charge in [-0.2, -0.15) is 13.2 Å². The van der Waals surface area contributed by atoms with Crippen LogP contribution in [0.2, 0.25) is 0 Å². The van der Waals surface area contributed by atoms with Crippen LogP contribution in [0.25, 0.3) is 0 Å². The minimum Gasteiger partial charge on any atom is -0.506 e. The van der Waals surface area contributed by atoms with Crippen LogP contribution in [-0.4, -0.2) is 36.2 Å². The van der Waals surface area contributed by atoms with Crippen LogP contribution in [0.3, 0.4) is 0 Å². The second-order valence-corrected chi connectivity index (χ2v) is 7.19. The normalized spacial score (nSPS) is 21.4. The smallest absolute Gasteiger partial charge is 0.416 e. The molecule has 1 aromatic rings. The van der Waals surface area contributed by atoms with Crippen LogP contribution in [0.4, 0.5) is 13.2 Å². The molecule has 7 heteroatoms. The van der Waals surface area contributed by atoms with E-state index in [0.29, 0.717) is 29.9 Å². The summed E-state index contributed by atoms with van der Waals surface area (Å²) in [7, 11) is 0. The summed E-state index contributed by atoms with van der Waals surface area (Å²) < 4.78 is 40.8. The molecule has 3 rings (SSSR count). The van der Waals surface area contributed by atoms with Crippen molar-refractivity contribution in [2.75, 3.05) is 26.2 Å². The zero-order valence-electron chi connectivity index (χ0n) is 12.7. The third-order valence-electron chi connectivity index (χ3n) is 4.65. The monoisotopic (exact) mass is 392 g/mol. The third-order valence-corrected chi connectivity index (χ3v) is 5.29. The van der Waals surface area contributed by atoms with Gasteiger partial charge in [0.05, 0.1) is 10.0 Å². The number of piperazine rings is 1. The number of halogens is 4. The Morgan fingerprint density at radius 3 is 2.48 bits per heavy atom. The summed E-state index contributed by atoms with van der Waals surface area (Å²) in [5.41, 5.74) is -0.692. The molecule has 23 heavy (non-hydrogen) atoms. The van der Waals surface area contributed by atoms with Crippen molar-refractivity contribution in [3.05, 3.63) is 27.7 Å². The van der Waals surface area contributed by atoms with E-state index in [1.807, 2.05) is 0 Å². The number of nitrogens with one attached hydrogen (secondary N) is 1. The Hall–Kier alpha value is -0.790. The van der Waals surface area contributed by atoms with Gasteiger partial charge in [0.1, 0.15) is 5.75 Å². The average molecular weight is 393 g/mol. The van der Waals surface area contributed by atoms with Crippen molar-refractivity contribution in [3.63, 3.8) is 0 Å². The lowest BCUT2D eigenvalue weighted by Crippen LogP contribution is -2.45. The maximum Gasteiger partial charge on any atom is 0.416 e. The highest BCUT2D eigenvalue weighted by atomic mass is 79.9. The molecule has 1 saturated carbocycles. The summed E-state index contributed by atoms with van der Waals surface area (Å²) in [6.07, 6.45) is -1.66. The summed E-state index contributed by atoms with van der Waals surface area (Å²) in [4.78, 5) is 2.07. The second kappa shape index (κ2) is 6.61. The SMILES string of the molecule is Oc1c(Br)ccc(C(F)(F)F)c1[C@@H](CC1CC1)N1CCNCC1. The maximum absolute atomic E-state index is 13.5. The van der Waals surface area contributed by atoms with Crippen molar-refractivity contribution >= 4 is 15.9 Å². The van der Waals surface area contributed by atoms with Crippen LogP contribution >= 0.6 is 15.9 Å². The highest BCUT2D eigenvalue weighted by Gasteiger charge is 2.40. The zero-order valence-corrected chi connectivity index (χ0v) is 14.3. The van der Waals surface area contributed by atoms with Gasteiger partial charge in [-0.05, 0) is 40.4 Å². The quantitative estimate of drug-likeness (QED) is 0.814. The Balaban J connectivity index is 2.04. The van der Waals surface area contributed by atoms with E-state index in [1.54, 1.807) is 0 Å². The lowest BCUT2D eigenvalue weighted by atomic mass is 9.93. The van der Waals surface area contributed by atoms with Crippen molar-refractivity contribution in [3.8, 4) is 5.75 Å². The van der Waals surface area contributed by atoms with E-state index in [0.717, 1.165) is 32.0 Å². The summed E-state index contributed by atoms with van der Waals surface area (Å²) in [6, 6.07) is 1.95. The van der Waals surface area contributed by atoms with E-state index in [4.69, 9.17) is 0 Å². The molecule has 1 aromatic carbocycles. The van der Waals surface area contributed by atoms with E-state index in [-0.39, 0.29) is 11.3 Å². The van der Waals surface area contributed by atoms with E-state index in [2.05, 4.69) is 26.1 Å². The first-order valence-corrected chi connectivity index (χ1v) is 8.70. The predicted molar refractivity (Wildman–Crippen MR) is 85.3 cm³/mol. The Bertz CT molecular complexity index is 569. The maximum atomic E-state index is 13.5. The van der Waals surface area contributed by atoms with Gasteiger partial charge in [0, 0.05) is 37.8 Å². The average Bonchev–Trinajstić information content (AvgIpc) is 3.32. The number of hydrogen-bond acceptors (Lipinski definition) is 3. The van der Waals surface area contributed by atoms with Crippen LogP contribution < -0.4 is 5.32 Å². The number of alkyl halides is 3. The van der Waals surface area contributed by atoms with Crippen LogP contribution in [0.15, 0.2) is 16.6 Å². The van der Waals surface area contributed by atoms with Crippen LogP contribution in [0, 0.1) is 5.92 Å². The first kappa shape index (κ1) is 17.0. The van der Waals surface area contributed by atoms with Crippen molar-refractivity contribution in [1.82, 2.24) is 10.2 Å². The lowest BCUT2D eigenvalue weighted by molar-refractivity contribution is -0.139. The third kappa shape index (κ3) is 3.83. The Kier molecular flexibility index (Phi) is 4.90. The van der Waals surface area contributed by atoms with Gasteiger partial charge < -0.3 is 10.4 Å². The lowest BCUT2D eigenvalue weighted by Gasteiger charge is -2.37. The summed E-state index contributed by atoms with van der Waals surface area (Å²) in [5.74, 6) is 0.193. The van der Waals surface area contributed by atoms with Crippen LogP contribution in [0.5, 0.6) is 5.75 Å². The molecular formula is C16H20BrF3N2O. The van der Waals surface area contributed by atoms with Crippen molar-refractivity contribution < 1.29 is 18.3 Å². The van der Waals surface area contributed by atoms with Crippen LogP contribution in [-0.2, 0) is 6.18 Å². The number of nitrogens with zero attached hydrogens (tertiary/aromatic N) is 1. The van der Waals surface area contributed by atoms with Gasteiger partial charge in [0.15, 0.2) is 0 Å². The largest absolute Gasteiger partial charge is 0.506 e. The molecule has 0 bridgehead atoms. The number of benzene rings is 1. The summed E-state index contributed by atoms with van der Waals surface area (Å²) in [5, 5.41) is 13.6. The second-order valence-electron chi connectivity index (χ2n) is 6.34. The number of phenolic OH excluding ortho intramolecular Hbond substituents is 1. The van der Waals surface area contributed by atoms with E-state index < -0.39 is 17.8 Å². The molecule has 0 spiro atoms. The van der Waals surface area contributed by atoms with Gasteiger partial charge in [-0.1, -0.05) is 12.8 Å². The molecule has 1 aliphatic carbocycles. The number of rotatable bonds is 4. The summed E-state index contributed by atoms with van der Waals surface area (Å²) in [6.45, 7) is 2.91. The molecule has 2 fully saturated rings. The Morgan fingerprint density at radius 1 is 1.26 bits per heavy atom. The van der Waals surface area contributed by atoms with Gasteiger partial charge in [0.25, 0.3) is 0 Å². The fraction of sp³-hybridized carbons (Fsp3) is 0.625. The standard InChI is InChI=1S/C16H20BrF3N2O/c17-12-4-3-11(16(18,19)20)14(15(12)23)13(9-10-1-2-10)22-7-5-21-6-8-22/h3-4,10,13,21,23H,1-2,5-9H2/t13-/m1/s1. The minimum absolute atomic E-state index is 0.0284. The first-order chi connectivity index (χ1) is 10.9. The molecule has 0 radical (unpaired) electrons. The van der Waals surface area contributed by atoms with E-state index in [1.165, 1.54) is 6.07 Å². The molecule has 3 nitrogen and oxygen atoms in total. The van der Waals surface area contributed by atoms with E-state index >= 15 is 0 Å². The van der Waals surface area contributed by atoms with Crippen molar-refractivity contribution in [1.29, 1.82) is 0 Å². The molecule has 2 N–H and O–H groups in total. The van der Waals surface area contributed by atoms with Gasteiger partial charge in [0.2, 0.25) is 0 Å². The van der Waals surface area contributed by atoms with Gasteiger partial charge in [-0.15, -0.1) is 0 Å². The highest BCUT2D eigenvalue weighted by molar-refractivity contribution is 9.10. The van der Waals surface area contributed by atoms with Crippen LogP contribution in [0.1, 0.15) is 36.4 Å².